The number of nitrogens with two attached hydrogens (primary N) is 1. The van der Waals surface area contributed by atoms with Crippen molar-refractivity contribution in [1.82, 2.24) is 15.1 Å². The Morgan fingerprint density at radius 1 is 1.14 bits per heavy atom. The number of hydrogen-bond donors (Lipinski definition) is 2. The van der Waals surface area contributed by atoms with Gasteiger partial charge in [0, 0.05) is 37.5 Å². The van der Waals surface area contributed by atoms with E-state index in [9.17, 15) is 18.8 Å². The maximum absolute atomic E-state index is 14.0. The molecular formula is C19H31FN4O4. The van der Waals surface area contributed by atoms with Gasteiger partial charge in [-0.25, -0.2) is 9.18 Å². The second kappa shape index (κ2) is 7.85. The summed E-state index contributed by atoms with van der Waals surface area (Å²) in [5.41, 5.74) is 5.08. The highest BCUT2D eigenvalue weighted by atomic mass is 19.1. The summed E-state index contributed by atoms with van der Waals surface area (Å²) in [5, 5.41) is 2.89. The minimum absolute atomic E-state index is 0.0527. The molecule has 9 heteroatoms. The van der Waals surface area contributed by atoms with E-state index in [2.05, 4.69) is 5.32 Å². The molecule has 3 aliphatic rings. The molecule has 2 saturated heterocycles. The van der Waals surface area contributed by atoms with Crippen molar-refractivity contribution in [2.24, 2.45) is 11.7 Å². The van der Waals surface area contributed by atoms with Crippen LogP contribution in [-0.4, -0.2) is 77.2 Å². The highest BCUT2D eigenvalue weighted by Gasteiger charge is 2.45. The van der Waals surface area contributed by atoms with Crippen LogP contribution in [0.2, 0.25) is 0 Å². The van der Waals surface area contributed by atoms with Gasteiger partial charge in [0.05, 0.1) is 6.54 Å². The molecule has 0 aromatic rings. The van der Waals surface area contributed by atoms with E-state index in [1.807, 2.05) is 0 Å². The lowest BCUT2D eigenvalue weighted by Crippen LogP contribution is -2.50. The molecule has 0 aromatic carbocycles. The Labute approximate surface area is 164 Å². The van der Waals surface area contributed by atoms with Gasteiger partial charge in [-0.05, 0) is 40.0 Å². The summed E-state index contributed by atoms with van der Waals surface area (Å²) in [6, 6.07) is -1.25. The first kappa shape index (κ1) is 20.8. The number of carbonyl (C=O) groups excluding carboxylic acids is 3. The third-order valence-corrected chi connectivity index (χ3v) is 5.42. The fourth-order valence-corrected chi connectivity index (χ4v) is 3.93. The predicted octanol–water partition coefficient (Wildman–Crippen LogP) is 0.788. The van der Waals surface area contributed by atoms with Crippen LogP contribution in [0.15, 0.2) is 0 Å². The Morgan fingerprint density at radius 2 is 1.82 bits per heavy atom. The van der Waals surface area contributed by atoms with Crippen LogP contribution in [-0.2, 0) is 14.3 Å². The fourth-order valence-electron chi connectivity index (χ4n) is 3.93. The van der Waals surface area contributed by atoms with Crippen molar-refractivity contribution >= 4 is 17.9 Å². The zero-order valence-corrected chi connectivity index (χ0v) is 16.8. The van der Waals surface area contributed by atoms with Gasteiger partial charge >= 0.3 is 6.09 Å². The quantitative estimate of drug-likeness (QED) is 0.728. The molecule has 8 nitrogen and oxygen atoms in total. The van der Waals surface area contributed by atoms with Crippen molar-refractivity contribution < 1.29 is 23.5 Å². The largest absolute Gasteiger partial charge is 0.444 e. The van der Waals surface area contributed by atoms with Crippen molar-refractivity contribution in [2.75, 3.05) is 19.6 Å². The summed E-state index contributed by atoms with van der Waals surface area (Å²) in [4.78, 5) is 40.5. The highest BCUT2D eigenvalue weighted by molar-refractivity contribution is 5.87. The summed E-state index contributed by atoms with van der Waals surface area (Å²) < 4.78 is 19.3. The van der Waals surface area contributed by atoms with E-state index in [0.29, 0.717) is 19.5 Å². The van der Waals surface area contributed by atoms with Gasteiger partial charge < -0.3 is 20.7 Å². The van der Waals surface area contributed by atoms with E-state index in [0.717, 1.165) is 17.7 Å². The van der Waals surface area contributed by atoms with Crippen molar-refractivity contribution in [3.63, 3.8) is 0 Å². The number of likely N-dealkylation sites (tertiary alicyclic amines) is 2. The standard InChI is InChI=1S/C19H31FN4O4/c1-19(2,3)28-18(27)24-9-12(20)6-15(24)16(25)22-13-7-14(8-21)23(10-13)17(26)11-4-5-11/h11-15H,4-10,21H2,1-3H3,(H,22,25)/t12-,13+,14+,15-/m0/s1. The van der Waals surface area contributed by atoms with Crippen LogP contribution in [0.3, 0.4) is 0 Å². The van der Waals surface area contributed by atoms with E-state index < -0.39 is 29.8 Å². The van der Waals surface area contributed by atoms with E-state index in [1.54, 1.807) is 25.7 Å². The number of ether oxygens (including phenoxy) is 1. The molecule has 0 radical (unpaired) electrons. The monoisotopic (exact) mass is 398 g/mol. The molecule has 0 spiro atoms. The summed E-state index contributed by atoms with van der Waals surface area (Å²) in [6.45, 7) is 5.75. The van der Waals surface area contributed by atoms with Crippen LogP contribution in [0.1, 0.15) is 46.5 Å². The number of alkyl halides is 1. The number of nitrogens with zero attached hydrogens (tertiary/aromatic N) is 2. The lowest BCUT2D eigenvalue weighted by Gasteiger charge is -2.28. The van der Waals surface area contributed by atoms with Gasteiger partial charge in [-0.15, -0.1) is 0 Å². The van der Waals surface area contributed by atoms with Crippen LogP contribution in [0, 0.1) is 5.92 Å². The van der Waals surface area contributed by atoms with Crippen molar-refractivity contribution in [2.45, 2.75) is 76.4 Å². The van der Waals surface area contributed by atoms with Gasteiger partial charge in [0.1, 0.15) is 17.8 Å². The van der Waals surface area contributed by atoms with Crippen LogP contribution in [0.5, 0.6) is 0 Å². The summed E-state index contributed by atoms with van der Waals surface area (Å²) in [6.07, 6.45) is 0.381. The average molecular weight is 398 g/mol. The number of carbonyl (C=O) groups is 3. The Morgan fingerprint density at radius 3 is 2.39 bits per heavy atom. The minimum Gasteiger partial charge on any atom is -0.444 e. The molecule has 0 aromatic heterocycles. The second-order valence-corrected chi connectivity index (χ2v) is 9.08. The molecular weight excluding hydrogens is 367 g/mol. The summed E-state index contributed by atoms with van der Waals surface area (Å²) in [7, 11) is 0. The summed E-state index contributed by atoms with van der Waals surface area (Å²) >= 11 is 0. The number of hydrogen-bond acceptors (Lipinski definition) is 5. The SMILES string of the molecule is CC(C)(C)OC(=O)N1C[C@@H](F)C[C@H]1C(=O)N[C@@H]1C[C@H](CN)N(C(=O)C2CC2)C1. The molecule has 3 fully saturated rings. The topological polar surface area (TPSA) is 105 Å². The van der Waals surface area contributed by atoms with Crippen LogP contribution in [0.25, 0.3) is 0 Å². The fraction of sp³-hybridized carbons (Fsp3) is 0.842. The first-order chi connectivity index (χ1) is 13.1. The highest BCUT2D eigenvalue weighted by Crippen LogP contribution is 2.33. The van der Waals surface area contributed by atoms with Gasteiger partial charge in [0.15, 0.2) is 0 Å². The van der Waals surface area contributed by atoms with E-state index in [1.165, 1.54) is 0 Å². The molecule has 1 aliphatic carbocycles. The molecule has 158 valence electrons. The van der Waals surface area contributed by atoms with Crippen LogP contribution in [0.4, 0.5) is 9.18 Å². The van der Waals surface area contributed by atoms with Crippen LogP contribution < -0.4 is 11.1 Å². The Bertz CT molecular complexity index is 634. The van der Waals surface area contributed by atoms with E-state index in [4.69, 9.17) is 10.5 Å². The molecule has 0 bridgehead atoms. The molecule has 4 atom stereocenters. The maximum atomic E-state index is 14.0. The Balaban J connectivity index is 1.61. The second-order valence-electron chi connectivity index (χ2n) is 9.08. The zero-order chi connectivity index (χ0) is 20.6. The van der Waals surface area contributed by atoms with Gasteiger partial charge in [-0.1, -0.05) is 0 Å². The van der Waals surface area contributed by atoms with Gasteiger partial charge in [-0.3, -0.25) is 14.5 Å². The number of halogens is 1. The lowest BCUT2D eigenvalue weighted by molar-refractivity contribution is -0.133. The molecule has 0 unspecified atom stereocenters. The van der Waals surface area contributed by atoms with E-state index in [-0.39, 0.29) is 36.9 Å². The van der Waals surface area contributed by atoms with Gasteiger partial charge in [-0.2, -0.15) is 0 Å². The molecule has 1 saturated carbocycles. The smallest absolute Gasteiger partial charge is 0.411 e. The molecule has 2 aliphatic heterocycles. The molecule has 3 N–H and O–H groups in total. The number of nitrogens with one attached hydrogen (secondary N) is 1. The molecule has 3 rings (SSSR count). The molecule has 28 heavy (non-hydrogen) atoms. The van der Waals surface area contributed by atoms with E-state index >= 15 is 0 Å². The van der Waals surface area contributed by atoms with Crippen molar-refractivity contribution in [3.8, 4) is 0 Å². The Hall–Kier alpha value is -1.90. The average Bonchev–Trinajstić information content (AvgIpc) is 3.25. The molecule has 3 amide bonds. The van der Waals surface area contributed by atoms with Gasteiger partial charge in [0.25, 0.3) is 0 Å². The van der Waals surface area contributed by atoms with Crippen molar-refractivity contribution in [3.05, 3.63) is 0 Å². The van der Waals surface area contributed by atoms with Crippen LogP contribution >= 0.6 is 0 Å². The predicted molar refractivity (Wildman–Crippen MR) is 100 cm³/mol. The number of amides is 3. The first-order valence-corrected chi connectivity index (χ1v) is 10.0. The summed E-state index contributed by atoms with van der Waals surface area (Å²) in [5.74, 6) is -0.215. The molecule has 2 heterocycles. The zero-order valence-electron chi connectivity index (χ0n) is 16.8. The van der Waals surface area contributed by atoms with Gasteiger partial charge in [0.2, 0.25) is 11.8 Å². The first-order valence-electron chi connectivity index (χ1n) is 10.0. The normalized spacial score (nSPS) is 30.5. The maximum Gasteiger partial charge on any atom is 0.411 e. The number of rotatable bonds is 4. The minimum atomic E-state index is -1.27. The van der Waals surface area contributed by atoms with Crippen molar-refractivity contribution in [1.29, 1.82) is 0 Å². The Kier molecular flexibility index (Phi) is 5.84. The lowest BCUT2D eigenvalue weighted by atomic mass is 10.1. The third kappa shape index (κ3) is 4.74. The third-order valence-electron chi connectivity index (χ3n) is 5.42.